The second-order valence-corrected chi connectivity index (χ2v) is 11.8. The van der Waals surface area contributed by atoms with E-state index in [4.69, 9.17) is 22.5 Å². The first-order chi connectivity index (χ1) is 15.2. The van der Waals surface area contributed by atoms with E-state index in [2.05, 4.69) is 96.1 Å². The number of halogens is 2. The van der Waals surface area contributed by atoms with Gasteiger partial charge in [-0.3, -0.25) is 0 Å². The van der Waals surface area contributed by atoms with Crippen molar-refractivity contribution in [3.05, 3.63) is 91.0 Å². The number of thiophene rings is 1. The van der Waals surface area contributed by atoms with E-state index in [1.165, 1.54) is 47.3 Å². The molecule has 0 saturated heterocycles. The summed E-state index contributed by atoms with van der Waals surface area (Å²) in [6, 6.07) is 32.2. The normalized spacial score (nSPS) is 11.8. The maximum atomic E-state index is 6.38. The Balaban J connectivity index is 1.89. The van der Waals surface area contributed by atoms with Crippen molar-refractivity contribution in [2.24, 2.45) is 0 Å². The molecule has 0 atom stereocenters. The van der Waals surface area contributed by atoms with E-state index >= 15 is 0 Å². The molecule has 0 unspecified atom stereocenters. The Hall–Kier alpha value is -2.35. The zero-order valence-corrected chi connectivity index (χ0v) is 19.5. The van der Waals surface area contributed by atoms with Gasteiger partial charge in [0.15, 0.2) is 6.78 Å². The van der Waals surface area contributed by atoms with Crippen LogP contribution < -0.4 is 5.09 Å². The molecule has 0 aliphatic carbocycles. The van der Waals surface area contributed by atoms with Crippen LogP contribution in [0.3, 0.4) is 0 Å². The molecule has 0 saturated carbocycles. The minimum Gasteiger partial charge on any atom is -0.339 e. The fraction of sp³-hybridized carbons (Fsp3) is 0. The lowest BCUT2D eigenvalue weighted by Crippen LogP contribution is -1.94. The standard InChI is InChI=1S/C26H16Cl2NPS/c27-30(28)29-25-23(18-14-7-9-16-8-1-2-10-17(16)18)19-11-3-4-12-20(19)26-24(25)21-13-5-6-15-22(21)31-26/h1-15,29H. The molecule has 0 radical (unpaired) electrons. The lowest BCUT2D eigenvalue weighted by molar-refractivity contribution is 1.70. The Morgan fingerprint density at radius 3 is 2.10 bits per heavy atom. The predicted molar refractivity (Wildman–Crippen MR) is 142 cm³/mol. The first kappa shape index (κ1) is 19.3. The zero-order chi connectivity index (χ0) is 20.9. The van der Waals surface area contributed by atoms with Crippen molar-refractivity contribution >= 4 is 88.0 Å². The summed E-state index contributed by atoms with van der Waals surface area (Å²) in [5, 5.41) is 10.7. The molecule has 1 nitrogen and oxygen atoms in total. The second-order valence-electron chi connectivity index (χ2n) is 7.47. The highest BCUT2D eigenvalue weighted by Gasteiger charge is 2.22. The highest BCUT2D eigenvalue weighted by molar-refractivity contribution is 8.04. The van der Waals surface area contributed by atoms with Gasteiger partial charge in [0.25, 0.3) is 0 Å². The van der Waals surface area contributed by atoms with Crippen molar-refractivity contribution in [3.8, 4) is 11.1 Å². The van der Waals surface area contributed by atoms with Gasteiger partial charge >= 0.3 is 0 Å². The van der Waals surface area contributed by atoms with Crippen LogP contribution in [-0.2, 0) is 0 Å². The molecule has 150 valence electrons. The molecule has 0 aliphatic heterocycles. The number of nitrogens with one attached hydrogen (secondary N) is 1. The zero-order valence-electron chi connectivity index (χ0n) is 16.3. The average molecular weight is 476 g/mol. The molecule has 1 heterocycles. The van der Waals surface area contributed by atoms with Crippen molar-refractivity contribution in [1.82, 2.24) is 0 Å². The maximum Gasteiger partial charge on any atom is 0.184 e. The number of hydrogen-bond acceptors (Lipinski definition) is 2. The van der Waals surface area contributed by atoms with Gasteiger partial charge < -0.3 is 5.09 Å². The van der Waals surface area contributed by atoms with Crippen molar-refractivity contribution in [3.63, 3.8) is 0 Å². The van der Waals surface area contributed by atoms with Crippen LogP contribution in [0.25, 0.3) is 52.8 Å². The van der Waals surface area contributed by atoms with Gasteiger partial charge in [-0.15, -0.1) is 11.3 Å². The van der Waals surface area contributed by atoms with Crippen LogP contribution in [0, 0.1) is 0 Å². The third-order valence-corrected chi connectivity index (χ3v) is 7.90. The molecule has 5 heteroatoms. The monoisotopic (exact) mass is 475 g/mol. The smallest absolute Gasteiger partial charge is 0.184 e. The topological polar surface area (TPSA) is 12.0 Å². The number of benzene rings is 5. The van der Waals surface area contributed by atoms with Crippen molar-refractivity contribution in [1.29, 1.82) is 0 Å². The SMILES string of the molecule is ClP(Cl)Nc1c(-c2cccc3ccccc23)c2ccccc2c2sc3ccccc3c12. The van der Waals surface area contributed by atoms with Gasteiger partial charge in [-0.1, -0.05) is 107 Å². The fourth-order valence-electron chi connectivity index (χ4n) is 4.56. The summed E-state index contributed by atoms with van der Waals surface area (Å²) < 4.78 is 2.52. The Morgan fingerprint density at radius 1 is 0.645 bits per heavy atom. The lowest BCUT2D eigenvalue weighted by Gasteiger charge is -2.19. The number of fused-ring (bicyclic) bond motifs is 6. The van der Waals surface area contributed by atoms with Gasteiger partial charge in [-0.05, 0) is 27.8 Å². The second kappa shape index (κ2) is 7.65. The Kier molecular flexibility index (Phi) is 4.78. The van der Waals surface area contributed by atoms with E-state index in [1.54, 1.807) is 0 Å². The highest BCUT2D eigenvalue weighted by Crippen LogP contribution is 2.55. The van der Waals surface area contributed by atoms with Crippen LogP contribution in [0.1, 0.15) is 0 Å². The molecule has 1 aromatic heterocycles. The Morgan fingerprint density at radius 2 is 1.29 bits per heavy atom. The first-order valence-electron chi connectivity index (χ1n) is 9.95. The maximum absolute atomic E-state index is 6.38. The number of anilines is 1. The molecule has 0 fully saturated rings. The van der Waals surface area contributed by atoms with E-state index in [-0.39, 0.29) is 0 Å². The molecule has 0 spiro atoms. The summed E-state index contributed by atoms with van der Waals surface area (Å²) in [6.45, 7) is -1.39. The molecular formula is C26H16Cl2NPS. The Labute approximate surface area is 194 Å². The van der Waals surface area contributed by atoms with Gasteiger partial charge in [0.2, 0.25) is 0 Å². The highest BCUT2D eigenvalue weighted by atomic mass is 35.9. The predicted octanol–water partition coefficient (Wildman–Crippen LogP) is 10.1. The summed E-state index contributed by atoms with van der Waals surface area (Å²) in [5.74, 6) is 0. The molecule has 0 amide bonds. The average Bonchev–Trinajstić information content (AvgIpc) is 3.19. The van der Waals surface area contributed by atoms with E-state index in [0.29, 0.717) is 0 Å². The summed E-state index contributed by atoms with van der Waals surface area (Å²) in [4.78, 5) is 0. The summed E-state index contributed by atoms with van der Waals surface area (Å²) in [7, 11) is 0. The molecule has 0 bridgehead atoms. The van der Waals surface area contributed by atoms with Crippen LogP contribution >= 0.6 is 40.6 Å². The fourth-order valence-corrected chi connectivity index (χ4v) is 6.71. The van der Waals surface area contributed by atoms with E-state index in [9.17, 15) is 0 Å². The van der Waals surface area contributed by atoms with Crippen molar-refractivity contribution in [2.45, 2.75) is 0 Å². The lowest BCUT2D eigenvalue weighted by atomic mass is 9.90. The number of rotatable bonds is 3. The van der Waals surface area contributed by atoms with E-state index in [1.807, 2.05) is 11.3 Å². The molecule has 6 rings (SSSR count). The van der Waals surface area contributed by atoms with Gasteiger partial charge in [-0.25, -0.2) is 0 Å². The van der Waals surface area contributed by atoms with Gasteiger partial charge in [0.05, 0.1) is 5.69 Å². The van der Waals surface area contributed by atoms with Crippen LogP contribution in [0.5, 0.6) is 0 Å². The molecule has 0 aliphatic rings. The van der Waals surface area contributed by atoms with Gasteiger partial charge in [0, 0.05) is 31.1 Å². The van der Waals surface area contributed by atoms with Crippen molar-refractivity contribution < 1.29 is 0 Å². The quantitative estimate of drug-likeness (QED) is 0.251. The molecular weight excluding hydrogens is 460 g/mol. The van der Waals surface area contributed by atoms with Gasteiger partial charge in [0.1, 0.15) is 0 Å². The molecule has 6 aromatic rings. The minimum absolute atomic E-state index is 1.01. The number of hydrogen-bond donors (Lipinski definition) is 1. The van der Waals surface area contributed by atoms with E-state index in [0.717, 1.165) is 11.3 Å². The largest absolute Gasteiger partial charge is 0.339 e. The minimum atomic E-state index is -1.39. The third-order valence-electron chi connectivity index (χ3n) is 5.79. The van der Waals surface area contributed by atoms with Gasteiger partial charge in [-0.2, -0.15) is 0 Å². The van der Waals surface area contributed by atoms with E-state index < -0.39 is 6.78 Å². The molecule has 1 N–H and O–H groups in total. The van der Waals surface area contributed by atoms with Crippen LogP contribution in [0.2, 0.25) is 0 Å². The van der Waals surface area contributed by atoms with Crippen LogP contribution in [0.4, 0.5) is 5.69 Å². The summed E-state index contributed by atoms with van der Waals surface area (Å²) >= 11 is 14.6. The van der Waals surface area contributed by atoms with Crippen molar-refractivity contribution in [2.75, 3.05) is 5.09 Å². The van der Waals surface area contributed by atoms with Crippen LogP contribution in [-0.4, -0.2) is 0 Å². The molecule has 5 aromatic carbocycles. The Bertz CT molecular complexity index is 1600. The first-order valence-corrected chi connectivity index (χ1v) is 13.9. The van der Waals surface area contributed by atoms with Crippen LogP contribution in [0.15, 0.2) is 91.0 Å². The third kappa shape index (κ3) is 3.10. The summed E-state index contributed by atoms with van der Waals surface area (Å²) in [6.07, 6.45) is 0. The summed E-state index contributed by atoms with van der Waals surface area (Å²) in [5.41, 5.74) is 3.34. The molecule has 31 heavy (non-hydrogen) atoms.